The standard InChI is InChI=1S/C12H10N2O5S/c15-10-7-20-12(9-3-4-11(19-9)14(16)17)13(10)6-8-2-1-5-18-8/h1-5,12H,6-7H2/t12-/m0/s1. The Bertz CT molecular complexity index is 636. The molecule has 1 aliphatic rings. The zero-order valence-electron chi connectivity index (χ0n) is 10.2. The molecule has 20 heavy (non-hydrogen) atoms. The Balaban J connectivity index is 1.83. The van der Waals surface area contributed by atoms with Crippen LogP contribution >= 0.6 is 11.8 Å². The van der Waals surface area contributed by atoms with Crippen LogP contribution in [0.3, 0.4) is 0 Å². The summed E-state index contributed by atoms with van der Waals surface area (Å²) < 4.78 is 10.4. The van der Waals surface area contributed by atoms with E-state index in [0.29, 0.717) is 23.8 Å². The van der Waals surface area contributed by atoms with E-state index < -0.39 is 4.92 Å². The van der Waals surface area contributed by atoms with Gasteiger partial charge in [0.05, 0.1) is 24.6 Å². The lowest BCUT2D eigenvalue weighted by Gasteiger charge is -2.20. The van der Waals surface area contributed by atoms with Crippen LogP contribution in [0.4, 0.5) is 5.88 Å². The van der Waals surface area contributed by atoms with E-state index in [4.69, 9.17) is 8.83 Å². The first kappa shape index (κ1) is 12.8. The molecule has 3 rings (SSSR count). The van der Waals surface area contributed by atoms with Crippen molar-refractivity contribution in [2.24, 2.45) is 0 Å². The van der Waals surface area contributed by atoms with Crippen LogP contribution in [-0.4, -0.2) is 21.5 Å². The maximum absolute atomic E-state index is 11.9. The summed E-state index contributed by atoms with van der Waals surface area (Å²) >= 11 is 1.38. The molecule has 7 nitrogen and oxygen atoms in total. The lowest BCUT2D eigenvalue weighted by molar-refractivity contribution is -0.402. The van der Waals surface area contributed by atoms with Crippen molar-refractivity contribution in [3.63, 3.8) is 0 Å². The highest BCUT2D eigenvalue weighted by molar-refractivity contribution is 8.00. The molecule has 0 bridgehead atoms. The third-order valence-corrected chi connectivity index (χ3v) is 4.13. The topological polar surface area (TPSA) is 89.7 Å². The third-order valence-electron chi connectivity index (χ3n) is 2.91. The molecule has 2 aromatic rings. The van der Waals surface area contributed by atoms with Gasteiger partial charge in [-0.2, -0.15) is 0 Å². The van der Waals surface area contributed by atoms with Crippen molar-refractivity contribution in [1.82, 2.24) is 4.90 Å². The number of amides is 1. The molecule has 0 aliphatic carbocycles. The second-order valence-corrected chi connectivity index (χ2v) is 5.27. The molecule has 0 saturated carbocycles. The van der Waals surface area contributed by atoms with Crippen molar-refractivity contribution in [1.29, 1.82) is 0 Å². The molecule has 1 aliphatic heterocycles. The maximum Gasteiger partial charge on any atom is 0.433 e. The SMILES string of the molecule is O=C1CS[C@@H](c2ccc([N+](=O)[O-])o2)N1Cc1ccco1. The number of nitro groups is 1. The van der Waals surface area contributed by atoms with Crippen LogP contribution in [-0.2, 0) is 11.3 Å². The summed E-state index contributed by atoms with van der Waals surface area (Å²) in [6.07, 6.45) is 1.54. The fourth-order valence-corrected chi connectivity index (χ4v) is 3.13. The second-order valence-electron chi connectivity index (χ2n) is 4.20. The number of nitrogens with zero attached hydrogens (tertiary/aromatic N) is 2. The van der Waals surface area contributed by atoms with Crippen LogP contribution in [0.2, 0.25) is 0 Å². The summed E-state index contributed by atoms with van der Waals surface area (Å²) in [5.41, 5.74) is 0. The Labute approximate surface area is 117 Å². The Hall–Kier alpha value is -2.22. The normalized spacial score (nSPS) is 18.7. The van der Waals surface area contributed by atoms with Gasteiger partial charge in [0.15, 0.2) is 0 Å². The molecule has 1 saturated heterocycles. The minimum absolute atomic E-state index is 0.0459. The van der Waals surface area contributed by atoms with Crippen molar-refractivity contribution >= 4 is 23.6 Å². The zero-order chi connectivity index (χ0) is 14.1. The minimum Gasteiger partial charge on any atom is -0.467 e. The first-order valence-corrected chi connectivity index (χ1v) is 6.87. The lowest BCUT2D eigenvalue weighted by Crippen LogP contribution is -2.27. The molecule has 8 heteroatoms. The molecule has 1 atom stereocenters. The zero-order valence-corrected chi connectivity index (χ0v) is 11.0. The first-order valence-electron chi connectivity index (χ1n) is 5.83. The highest BCUT2D eigenvalue weighted by atomic mass is 32.2. The van der Waals surface area contributed by atoms with E-state index in [-0.39, 0.29) is 17.2 Å². The Morgan fingerprint density at radius 2 is 2.30 bits per heavy atom. The highest BCUT2D eigenvalue weighted by Crippen LogP contribution is 2.41. The molecular weight excluding hydrogens is 284 g/mol. The van der Waals surface area contributed by atoms with Crippen molar-refractivity contribution in [3.05, 3.63) is 52.2 Å². The van der Waals surface area contributed by atoms with Crippen LogP contribution in [0.5, 0.6) is 0 Å². The lowest BCUT2D eigenvalue weighted by atomic mass is 10.3. The van der Waals surface area contributed by atoms with Crippen molar-refractivity contribution in [3.8, 4) is 0 Å². The van der Waals surface area contributed by atoms with Gasteiger partial charge in [-0.3, -0.25) is 14.9 Å². The number of hydrogen-bond acceptors (Lipinski definition) is 6. The van der Waals surface area contributed by atoms with Gasteiger partial charge in [-0.05, 0) is 18.2 Å². The van der Waals surface area contributed by atoms with Gasteiger partial charge in [-0.25, -0.2) is 0 Å². The van der Waals surface area contributed by atoms with Gasteiger partial charge in [0, 0.05) is 0 Å². The molecule has 104 valence electrons. The number of carbonyl (C=O) groups is 1. The van der Waals surface area contributed by atoms with E-state index >= 15 is 0 Å². The molecule has 0 radical (unpaired) electrons. The molecule has 0 aromatic carbocycles. The van der Waals surface area contributed by atoms with Crippen molar-refractivity contribution in [2.75, 3.05) is 5.75 Å². The van der Waals surface area contributed by atoms with Crippen LogP contribution in [0, 0.1) is 10.1 Å². The third kappa shape index (κ3) is 2.29. The van der Waals surface area contributed by atoms with Gasteiger partial charge in [0.1, 0.15) is 21.8 Å². The number of thioether (sulfide) groups is 1. The fraction of sp³-hybridized carbons (Fsp3) is 0.250. The van der Waals surface area contributed by atoms with Gasteiger partial charge < -0.3 is 13.7 Å². The average Bonchev–Trinajstić information content (AvgIpc) is 3.12. The van der Waals surface area contributed by atoms with E-state index in [1.54, 1.807) is 17.0 Å². The van der Waals surface area contributed by atoms with Gasteiger partial charge >= 0.3 is 5.88 Å². The quantitative estimate of drug-likeness (QED) is 0.636. The van der Waals surface area contributed by atoms with Crippen LogP contribution in [0.15, 0.2) is 39.4 Å². The largest absolute Gasteiger partial charge is 0.467 e. The molecule has 0 unspecified atom stereocenters. The molecule has 0 spiro atoms. The van der Waals surface area contributed by atoms with Gasteiger partial charge in [0.25, 0.3) is 0 Å². The summed E-state index contributed by atoms with van der Waals surface area (Å²) in [5.74, 6) is 1.01. The van der Waals surface area contributed by atoms with Gasteiger partial charge in [-0.1, -0.05) is 0 Å². The second kappa shape index (κ2) is 5.04. The smallest absolute Gasteiger partial charge is 0.433 e. The summed E-state index contributed by atoms with van der Waals surface area (Å²) in [6.45, 7) is 0.317. The summed E-state index contributed by atoms with van der Waals surface area (Å²) in [4.78, 5) is 23.5. The molecule has 2 aromatic heterocycles. The average molecular weight is 294 g/mol. The molecule has 1 fully saturated rings. The van der Waals surface area contributed by atoms with E-state index in [9.17, 15) is 14.9 Å². The first-order chi connectivity index (χ1) is 9.65. The monoisotopic (exact) mass is 294 g/mol. The van der Waals surface area contributed by atoms with Crippen LogP contribution in [0.1, 0.15) is 16.9 Å². The molecule has 0 N–H and O–H groups in total. The number of furan rings is 2. The van der Waals surface area contributed by atoms with Gasteiger partial charge in [0.2, 0.25) is 5.91 Å². The predicted molar refractivity (Wildman–Crippen MR) is 69.8 cm³/mol. The molecule has 3 heterocycles. The van der Waals surface area contributed by atoms with Crippen LogP contribution < -0.4 is 0 Å². The predicted octanol–water partition coefficient (Wildman–Crippen LogP) is 2.56. The highest BCUT2D eigenvalue weighted by Gasteiger charge is 2.36. The van der Waals surface area contributed by atoms with E-state index in [2.05, 4.69) is 0 Å². The Morgan fingerprint density at radius 1 is 1.45 bits per heavy atom. The summed E-state index contributed by atoms with van der Waals surface area (Å²) in [7, 11) is 0. The number of hydrogen-bond donors (Lipinski definition) is 0. The maximum atomic E-state index is 11.9. The Morgan fingerprint density at radius 3 is 2.95 bits per heavy atom. The summed E-state index contributed by atoms with van der Waals surface area (Å²) in [5, 5.41) is 10.3. The van der Waals surface area contributed by atoms with Crippen LogP contribution in [0.25, 0.3) is 0 Å². The Kier molecular flexibility index (Phi) is 3.23. The van der Waals surface area contributed by atoms with Gasteiger partial charge in [-0.15, -0.1) is 11.8 Å². The van der Waals surface area contributed by atoms with E-state index in [0.717, 1.165) is 0 Å². The number of carbonyl (C=O) groups excluding carboxylic acids is 1. The van der Waals surface area contributed by atoms with Crippen molar-refractivity contribution in [2.45, 2.75) is 11.9 Å². The fourth-order valence-electron chi connectivity index (χ4n) is 2.00. The summed E-state index contributed by atoms with van der Waals surface area (Å²) in [6, 6.07) is 6.35. The molecular formula is C12H10N2O5S. The number of rotatable bonds is 4. The van der Waals surface area contributed by atoms with Crippen molar-refractivity contribution < 1.29 is 18.6 Å². The molecule has 1 amide bonds. The van der Waals surface area contributed by atoms with E-state index in [1.165, 1.54) is 30.2 Å². The van der Waals surface area contributed by atoms with E-state index in [1.807, 2.05) is 0 Å². The minimum atomic E-state index is -0.595.